The summed E-state index contributed by atoms with van der Waals surface area (Å²) >= 11 is 0. The van der Waals surface area contributed by atoms with Gasteiger partial charge in [0.2, 0.25) is 5.91 Å². The molecule has 6 heteroatoms. The van der Waals surface area contributed by atoms with Gasteiger partial charge in [0.05, 0.1) is 19.3 Å². The number of carbonyl (C=O) groups excluding carboxylic acids is 2. The number of rotatable bonds is 3. The van der Waals surface area contributed by atoms with Gasteiger partial charge >= 0.3 is 5.97 Å². The van der Waals surface area contributed by atoms with Crippen molar-refractivity contribution in [2.24, 2.45) is 5.73 Å². The zero-order valence-electron chi connectivity index (χ0n) is 10.6. The third-order valence-electron chi connectivity index (χ3n) is 3.07. The molecule has 1 unspecified atom stereocenters. The molecule has 1 fully saturated rings. The maximum Gasteiger partial charge on any atom is 0.337 e. The monoisotopic (exact) mass is 264 g/mol. The molecule has 0 aromatic heterocycles. The lowest BCUT2D eigenvalue weighted by molar-refractivity contribution is -0.121. The van der Waals surface area contributed by atoms with Crippen LogP contribution in [0.2, 0.25) is 0 Å². The maximum absolute atomic E-state index is 12.0. The van der Waals surface area contributed by atoms with E-state index in [2.05, 4.69) is 10.1 Å². The average Bonchev–Trinajstić information content (AvgIpc) is 2.87. The topological polar surface area (TPSA) is 90.7 Å². The molecule has 19 heavy (non-hydrogen) atoms. The number of amides is 1. The van der Waals surface area contributed by atoms with Crippen molar-refractivity contribution in [3.63, 3.8) is 0 Å². The number of methoxy groups -OCH3 is 1. The van der Waals surface area contributed by atoms with Crippen molar-refractivity contribution in [1.82, 2.24) is 0 Å². The molecule has 1 aromatic carbocycles. The van der Waals surface area contributed by atoms with Gasteiger partial charge in [0.15, 0.2) is 0 Å². The van der Waals surface area contributed by atoms with Crippen LogP contribution in [0.4, 0.5) is 5.69 Å². The van der Waals surface area contributed by atoms with Crippen molar-refractivity contribution < 1.29 is 19.1 Å². The molecule has 6 nitrogen and oxygen atoms in total. The highest BCUT2D eigenvalue weighted by Crippen LogP contribution is 2.18. The molecular weight excluding hydrogens is 248 g/mol. The van der Waals surface area contributed by atoms with Crippen LogP contribution in [0.15, 0.2) is 24.3 Å². The fourth-order valence-electron chi connectivity index (χ4n) is 1.82. The van der Waals surface area contributed by atoms with E-state index < -0.39 is 11.5 Å². The minimum Gasteiger partial charge on any atom is -0.465 e. The van der Waals surface area contributed by atoms with Gasteiger partial charge in [-0.05, 0) is 30.7 Å². The van der Waals surface area contributed by atoms with E-state index in [1.165, 1.54) is 7.11 Å². The summed E-state index contributed by atoms with van der Waals surface area (Å²) in [6.45, 7) is 0.713. The Labute approximate surface area is 110 Å². The van der Waals surface area contributed by atoms with Crippen molar-refractivity contribution in [1.29, 1.82) is 0 Å². The summed E-state index contributed by atoms with van der Waals surface area (Å²) in [6, 6.07) is 6.41. The second-order valence-corrected chi connectivity index (χ2v) is 4.48. The van der Waals surface area contributed by atoms with Crippen LogP contribution in [0.25, 0.3) is 0 Å². The fraction of sp³-hybridized carbons (Fsp3) is 0.385. The van der Waals surface area contributed by atoms with Crippen LogP contribution < -0.4 is 11.1 Å². The van der Waals surface area contributed by atoms with Crippen molar-refractivity contribution >= 4 is 17.6 Å². The van der Waals surface area contributed by atoms with E-state index in [0.717, 1.165) is 0 Å². The lowest BCUT2D eigenvalue weighted by atomic mass is 9.99. The Hall–Kier alpha value is -1.92. The van der Waals surface area contributed by atoms with E-state index in [-0.39, 0.29) is 12.5 Å². The van der Waals surface area contributed by atoms with E-state index in [0.29, 0.717) is 24.3 Å². The smallest absolute Gasteiger partial charge is 0.337 e. The van der Waals surface area contributed by atoms with Gasteiger partial charge in [-0.3, -0.25) is 4.79 Å². The van der Waals surface area contributed by atoms with Crippen LogP contribution in [0.5, 0.6) is 0 Å². The van der Waals surface area contributed by atoms with Crippen LogP contribution in [0.3, 0.4) is 0 Å². The second-order valence-electron chi connectivity index (χ2n) is 4.48. The number of benzene rings is 1. The van der Waals surface area contributed by atoms with Gasteiger partial charge in [0, 0.05) is 12.3 Å². The molecule has 0 spiro atoms. The first-order valence-electron chi connectivity index (χ1n) is 5.92. The van der Waals surface area contributed by atoms with E-state index >= 15 is 0 Å². The largest absolute Gasteiger partial charge is 0.465 e. The highest BCUT2D eigenvalue weighted by Gasteiger charge is 2.38. The SMILES string of the molecule is COC(=O)c1ccc(NC(=O)C2(N)CCOC2)cc1. The fourth-order valence-corrected chi connectivity index (χ4v) is 1.82. The van der Waals surface area contributed by atoms with Crippen LogP contribution in [-0.2, 0) is 14.3 Å². The van der Waals surface area contributed by atoms with Crippen LogP contribution in [-0.4, -0.2) is 37.7 Å². The summed E-state index contributed by atoms with van der Waals surface area (Å²) < 4.78 is 9.73. The Kier molecular flexibility index (Phi) is 3.82. The molecule has 1 aliphatic heterocycles. The maximum atomic E-state index is 12.0. The molecule has 1 amide bonds. The summed E-state index contributed by atoms with van der Waals surface area (Å²) in [5, 5.41) is 2.71. The Morgan fingerprint density at radius 1 is 1.37 bits per heavy atom. The average molecular weight is 264 g/mol. The normalized spacial score (nSPS) is 22.0. The number of hydrogen-bond acceptors (Lipinski definition) is 5. The van der Waals surface area contributed by atoms with Crippen LogP contribution in [0, 0.1) is 0 Å². The Balaban J connectivity index is 2.03. The molecule has 2 rings (SSSR count). The van der Waals surface area contributed by atoms with E-state index in [1.807, 2.05) is 0 Å². The van der Waals surface area contributed by atoms with Gasteiger partial charge in [-0.25, -0.2) is 4.79 Å². The number of carbonyl (C=O) groups is 2. The molecule has 0 saturated carbocycles. The lowest BCUT2D eigenvalue weighted by Crippen LogP contribution is -2.51. The third kappa shape index (κ3) is 2.91. The lowest BCUT2D eigenvalue weighted by Gasteiger charge is -2.20. The quantitative estimate of drug-likeness (QED) is 0.777. The number of esters is 1. The Bertz CT molecular complexity index is 478. The van der Waals surface area contributed by atoms with Gasteiger partial charge in [-0.1, -0.05) is 0 Å². The first-order valence-corrected chi connectivity index (χ1v) is 5.92. The zero-order chi connectivity index (χ0) is 13.9. The standard InChI is InChI=1S/C13H16N2O4/c1-18-11(16)9-2-4-10(5-3-9)15-12(17)13(14)6-7-19-8-13/h2-5H,6-8,14H2,1H3,(H,15,17). The molecule has 0 radical (unpaired) electrons. The van der Waals surface area contributed by atoms with Gasteiger partial charge in [-0.15, -0.1) is 0 Å². The summed E-state index contributed by atoms with van der Waals surface area (Å²) in [5.74, 6) is -0.701. The summed E-state index contributed by atoms with van der Waals surface area (Å²) in [4.78, 5) is 23.3. The molecule has 0 bridgehead atoms. The molecule has 1 atom stereocenters. The second kappa shape index (κ2) is 5.38. The Morgan fingerprint density at radius 2 is 2.05 bits per heavy atom. The molecule has 3 N–H and O–H groups in total. The van der Waals surface area contributed by atoms with Gasteiger partial charge < -0.3 is 20.5 Å². The summed E-state index contributed by atoms with van der Waals surface area (Å²) in [7, 11) is 1.32. The predicted octanol–water partition coefficient (Wildman–Crippen LogP) is 0.529. The number of nitrogens with one attached hydrogen (secondary N) is 1. The van der Waals surface area contributed by atoms with Gasteiger partial charge in [0.25, 0.3) is 0 Å². The summed E-state index contributed by atoms with van der Waals surface area (Å²) in [6.07, 6.45) is 0.499. The van der Waals surface area contributed by atoms with Crippen LogP contribution >= 0.6 is 0 Å². The molecule has 1 aliphatic rings. The number of ether oxygens (including phenoxy) is 2. The first-order chi connectivity index (χ1) is 9.05. The number of nitrogens with two attached hydrogens (primary N) is 1. The van der Waals surface area contributed by atoms with E-state index in [4.69, 9.17) is 10.5 Å². The highest BCUT2D eigenvalue weighted by molar-refractivity contribution is 5.98. The molecule has 102 valence electrons. The van der Waals surface area contributed by atoms with E-state index in [9.17, 15) is 9.59 Å². The molecule has 1 aromatic rings. The minimum absolute atomic E-state index is 0.221. The molecule has 1 saturated heterocycles. The van der Waals surface area contributed by atoms with Crippen LogP contribution in [0.1, 0.15) is 16.8 Å². The number of anilines is 1. The number of hydrogen-bond donors (Lipinski definition) is 2. The first kappa shape index (κ1) is 13.5. The highest BCUT2D eigenvalue weighted by atomic mass is 16.5. The molecule has 0 aliphatic carbocycles. The van der Waals surface area contributed by atoms with Gasteiger partial charge in [0.1, 0.15) is 5.54 Å². The third-order valence-corrected chi connectivity index (χ3v) is 3.07. The van der Waals surface area contributed by atoms with Crippen molar-refractivity contribution in [2.45, 2.75) is 12.0 Å². The minimum atomic E-state index is -0.971. The molecular formula is C13H16N2O4. The summed E-state index contributed by atoms with van der Waals surface area (Å²) in [5.41, 5.74) is 5.97. The molecule has 1 heterocycles. The van der Waals surface area contributed by atoms with E-state index in [1.54, 1.807) is 24.3 Å². The predicted molar refractivity (Wildman–Crippen MR) is 68.8 cm³/mol. The van der Waals surface area contributed by atoms with Gasteiger partial charge in [-0.2, -0.15) is 0 Å². The van der Waals surface area contributed by atoms with Crippen molar-refractivity contribution in [3.8, 4) is 0 Å². The Morgan fingerprint density at radius 3 is 2.58 bits per heavy atom. The van der Waals surface area contributed by atoms with Crippen molar-refractivity contribution in [2.75, 3.05) is 25.6 Å². The van der Waals surface area contributed by atoms with Crippen molar-refractivity contribution in [3.05, 3.63) is 29.8 Å². The zero-order valence-corrected chi connectivity index (χ0v) is 10.6.